The predicted octanol–water partition coefficient (Wildman–Crippen LogP) is 10.8. The number of hydrogen-bond donors (Lipinski definition) is 0. The Morgan fingerprint density at radius 3 is 1.64 bits per heavy atom. The molecule has 2 aromatic heterocycles. The molecular weight excluding hydrogens is 611 g/mol. The van der Waals surface area contributed by atoms with Crippen molar-refractivity contribution in [1.82, 2.24) is 9.13 Å². The lowest BCUT2D eigenvalue weighted by atomic mass is 9.92. The van der Waals surface area contributed by atoms with Crippen LogP contribution in [0.2, 0.25) is 0 Å². The highest BCUT2D eigenvalue weighted by atomic mass is 15.0. The van der Waals surface area contributed by atoms with Crippen molar-refractivity contribution < 1.29 is 0 Å². The third-order valence-corrected chi connectivity index (χ3v) is 9.63. The van der Waals surface area contributed by atoms with E-state index in [9.17, 15) is 15.8 Å². The van der Waals surface area contributed by atoms with E-state index >= 15 is 0 Å². The molecule has 7 aromatic carbocycles. The van der Waals surface area contributed by atoms with E-state index in [4.69, 9.17) is 0 Å². The van der Waals surface area contributed by atoms with Crippen LogP contribution in [0.5, 0.6) is 0 Å². The van der Waals surface area contributed by atoms with Gasteiger partial charge in [-0.25, -0.2) is 0 Å². The molecule has 230 valence electrons. The fourth-order valence-corrected chi connectivity index (χ4v) is 7.39. The molecular formula is C45H25N5. The molecule has 0 atom stereocenters. The molecule has 0 amide bonds. The van der Waals surface area contributed by atoms with Crippen molar-refractivity contribution >= 4 is 43.6 Å². The number of para-hydroxylation sites is 2. The van der Waals surface area contributed by atoms with Gasteiger partial charge in [0.1, 0.15) is 0 Å². The summed E-state index contributed by atoms with van der Waals surface area (Å²) in [4.78, 5) is 0. The van der Waals surface area contributed by atoms with Crippen LogP contribution in [0.4, 0.5) is 0 Å². The molecule has 0 spiro atoms. The molecule has 0 saturated heterocycles. The van der Waals surface area contributed by atoms with Crippen LogP contribution >= 0.6 is 0 Å². The Morgan fingerprint density at radius 1 is 0.360 bits per heavy atom. The van der Waals surface area contributed by atoms with Crippen molar-refractivity contribution in [1.29, 1.82) is 15.8 Å². The minimum absolute atomic E-state index is 0.556. The van der Waals surface area contributed by atoms with E-state index < -0.39 is 0 Å². The zero-order chi connectivity index (χ0) is 33.8. The van der Waals surface area contributed by atoms with Gasteiger partial charge in [0, 0.05) is 32.8 Å². The second kappa shape index (κ2) is 11.4. The Kier molecular flexibility index (Phi) is 6.56. The summed E-state index contributed by atoms with van der Waals surface area (Å²) < 4.78 is 4.43. The van der Waals surface area contributed by atoms with Crippen molar-refractivity contribution in [2.24, 2.45) is 0 Å². The summed E-state index contributed by atoms with van der Waals surface area (Å²) in [5.41, 5.74) is 11.8. The molecule has 0 saturated carbocycles. The van der Waals surface area contributed by atoms with Gasteiger partial charge < -0.3 is 9.13 Å². The molecule has 0 aliphatic carbocycles. The molecule has 0 aliphatic heterocycles. The molecule has 50 heavy (non-hydrogen) atoms. The van der Waals surface area contributed by atoms with Crippen molar-refractivity contribution in [2.45, 2.75) is 0 Å². The number of nitrogens with zero attached hydrogens (tertiary/aromatic N) is 5. The maximum absolute atomic E-state index is 10.0. The summed E-state index contributed by atoms with van der Waals surface area (Å²) >= 11 is 0. The van der Waals surface area contributed by atoms with Crippen LogP contribution in [0.25, 0.3) is 77.2 Å². The summed E-state index contributed by atoms with van der Waals surface area (Å²) in [6.07, 6.45) is 0. The molecule has 0 N–H and O–H groups in total. The van der Waals surface area contributed by atoms with Crippen molar-refractivity contribution in [3.63, 3.8) is 0 Å². The van der Waals surface area contributed by atoms with E-state index in [2.05, 4.69) is 94.1 Å². The largest absolute Gasteiger partial charge is 0.309 e. The molecule has 9 aromatic rings. The second-order valence-corrected chi connectivity index (χ2v) is 12.3. The molecule has 0 bridgehead atoms. The number of fused-ring (bicyclic) bond motifs is 6. The van der Waals surface area contributed by atoms with E-state index in [-0.39, 0.29) is 0 Å². The van der Waals surface area contributed by atoms with Crippen LogP contribution in [0.15, 0.2) is 152 Å². The topological polar surface area (TPSA) is 81.2 Å². The van der Waals surface area contributed by atoms with Gasteiger partial charge in [0.2, 0.25) is 0 Å². The van der Waals surface area contributed by atoms with E-state index in [0.717, 1.165) is 77.2 Å². The Morgan fingerprint density at radius 2 is 0.900 bits per heavy atom. The third kappa shape index (κ3) is 4.38. The minimum Gasteiger partial charge on any atom is -0.309 e. The quantitative estimate of drug-likeness (QED) is 0.193. The molecule has 0 fully saturated rings. The smallest absolute Gasteiger partial charge is 0.0992 e. The number of rotatable bonds is 4. The van der Waals surface area contributed by atoms with Crippen molar-refractivity contribution in [3.8, 4) is 51.8 Å². The second-order valence-electron chi connectivity index (χ2n) is 12.3. The Balaban J connectivity index is 1.23. The number of hydrogen-bond acceptors (Lipinski definition) is 3. The molecule has 5 heteroatoms. The summed E-state index contributed by atoms with van der Waals surface area (Å²) in [6, 6.07) is 57.9. The normalized spacial score (nSPS) is 11.1. The van der Waals surface area contributed by atoms with Gasteiger partial charge in [-0.2, -0.15) is 15.8 Å². The van der Waals surface area contributed by atoms with E-state index in [1.165, 1.54) is 0 Å². The van der Waals surface area contributed by atoms with E-state index in [0.29, 0.717) is 16.7 Å². The van der Waals surface area contributed by atoms with Crippen molar-refractivity contribution in [2.75, 3.05) is 0 Å². The SMILES string of the molecule is N#Cc1ccc(-c2ccccc2-c2ccc(-n3c4ccccc4c4cc(C#N)ccc43)cc2)c(-n2c3ccccc3c3ccc(C#N)cc32)c1. The van der Waals surface area contributed by atoms with Crippen LogP contribution in [0.3, 0.4) is 0 Å². The lowest BCUT2D eigenvalue weighted by Crippen LogP contribution is -1.99. The standard InChI is InChI=1S/C45H25N5/c46-26-29-15-22-43-40(23-29)37-10-4-5-11-41(37)49(43)33-18-16-32(17-19-33)34-7-1-2-8-35(34)38-20-13-30(27-47)24-44(38)50-42-12-6-3-9-36(42)39-21-14-31(28-48)25-45(39)50/h1-25H. The van der Waals surface area contributed by atoms with Gasteiger partial charge in [-0.15, -0.1) is 0 Å². The van der Waals surface area contributed by atoms with Gasteiger partial charge in [-0.1, -0.05) is 84.9 Å². The summed E-state index contributed by atoms with van der Waals surface area (Å²) in [7, 11) is 0. The van der Waals surface area contributed by atoms with Gasteiger partial charge in [0.15, 0.2) is 0 Å². The van der Waals surface area contributed by atoms with Crippen LogP contribution in [0, 0.1) is 34.0 Å². The molecule has 9 rings (SSSR count). The monoisotopic (exact) mass is 635 g/mol. The average molecular weight is 636 g/mol. The lowest BCUT2D eigenvalue weighted by molar-refractivity contribution is 1.18. The zero-order valence-corrected chi connectivity index (χ0v) is 26.7. The Labute approximate surface area is 287 Å². The zero-order valence-electron chi connectivity index (χ0n) is 26.7. The molecule has 0 radical (unpaired) electrons. The highest BCUT2D eigenvalue weighted by Gasteiger charge is 2.19. The Bertz CT molecular complexity index is 2960. The van der Waals surface area contributed by atoms with Gasteiger partial charge in [0.05, 0.1) is 62.7 Å². The first-order chi connectivity index (χ1) is 24.7. The summed E-state index contributed by atoms with van der Waals surface area (Å²) in [5.74, 6) is 0. The van der Waals surface area contributed by atoms with Crippen LogP contribution < -0.4 is 0 Å². The predicted molar refractivity (Wildman–Crippen MR) is 200 cm³/mol. The first-order valence-corrected chi connectivity index (χ1v) is 16.3. The summed E-state index contributed by atoms with van der Waals surface area (Å²) in [5, 5.41) is 33.7. The molecule has 2 heterocycles. The van der Waals surface area contributed by atoms with E-state index in [1.807, 2.05) is 84.9 Å². The average Bonchev–Trinajstić information content (AvgIpc) is 3.69. The maximum Gasteiger partial charge on any atom is 0.0992 e. The number of aromatic nitrogens is 2. The Hall–Kier alpha value is -7.39. The lowest BCUT2D eigenvalue weighted by Gasteiger charge is -2.18. The minimum atomic E-state index is 0.556. The van der Waals surface area contributed by atoms with Gasteiger partial charge in [0.25, 0.3) is 0 Å². The van der Waals surface area contributed by atoms with E-state index in [1.54, 1.807) is 0 Å². The number of nitriles is 3. The van der Waals surface area contributed by atoms with Gasteiger partial charge >= 0.3 is 0 Å². The number of benzene rings is 7. The first-order valence-electron chi connectivity index (χ1n) is 16.3. The van der Waals surface area contributed by atoms with Gasteiger partial charge in [-0.05, 0) is 83.4 Å². The van der Waals surface area contributed by atoms with Crippen LogP contribution in [-0.2, 0) is 0 Å². The molecule has 0 aliphatic rings. The fourth-order valence-electron chi connectivity index (χ4n) is 7.39. The highest BCUT2D eigenvalue weighted by molar-refractivity contribution is 6.11. The highest BCUT2D eigenvalue weighted by Crippen LogP contribution is 2.41. The fraction of sp³-hybridized carbons (Fsp3) is 0. The third-order valence-electron chi connectivity index (χ3n) is 9.63. The molecule has 0 unspecified atom stereocenters. The van der Waals surface area contributed by atoms with Gasteiger partial charge in [-0.3, -0.25) is 0 Å². The maximum atomic E-state index is 10.0. The molecule has 5 nitrogen and oxygen atoms in total. The van der Waals surface area contributed by atoms with Crippen molar-refractivity contribution in [3.05, 3.63) is 168 Å². The van der Waals surface area contributed by atoms with Crippen LogP contribution in [0.1, 0.15) is 16.7 Å². The first kappa shape index (κ1) is 28.8. The van der Waals surface area contributed by atoms with Crippen LogP contribution in [-0.4, -0.2) is 9.13 Å². The summed E-state index contributed by atoms with van der Waals surface area (Å²) in [6.45, 7) is 0.